The van der Waals surface area contributed by atoms with E-state index in [4.69, 9.17) is 9.29 Å². The average Bonchev–Trinajstić information content (AvgIpc) is 2.34. The number of nitrogens with zero attached hydrogens (tertiary/aromatic N) is 1. The van der Waals surface area contributed by atoms with E-state index >= 15 is 0 Å². The maximum absolute atomic E-state index is 11.3. The predicted molar refractivity (Wildman–Crippen MR) is 86.0 cm³/mol. The highest BCUT2D eigenvalue weighted by molar-refractivity contribution is 7.85. The van der Waals surface area contributed by atoms with Crippen LogP contribution in [0, 0.1) is 0 Å². The molecular weight excluding hydrogens is 310 g/mol. The van der Waals surface area contributed by atoms with Crippen LogP contribution in [0.5, 0.6) is 0 Å². The van der Waals surface area contributed by atoms with Gasteiger partial charge in [-0.15, -0.1) is 0 Å². The van der Waals surface area contributed by atoms with Crippen LogP contribution < -0.4 is 0 Å². The van der Waals surface area contributed by atoms with Crippen LogP contribution in [-0.2, 0) is 19.6 Å². The number of hydrogen-bond donors (Lipinski definition) is 2. The van der Waals surface area contributed by atoms with Gasteiger partial charge in [-0.1, -0.05) is 14.0 Å². The van der Waals surface area contributed by atoms with Gasteiger partial charge in [-0.3, -0.25) is 4.55 Å². The minimum Gasteiger partial charge on any atom is -0.456 e. The molecule has 0 fully saturated rings. The Labute approximate surface area is 133 Å². The van der Waals surface area contributed by atoms with E-state index in [2.05, 4.69) is 6.58 Å². The Kier molecular flexibility index (Phi) is 10.5. The first kappa shape index (κ1) is 23.3. The highest BCUT2D eigenvalue weighted by atomic mass is 32.2. The van der Waals surface area contributed by atoms with Crippen LogP contribution in [-0.4, -0.2) is 73.2 Å². The molecule has 0 bridgehead atoms. The molecule has 0 radical (unpaired) electrons. The van der Waals surface area contributed by atoms with Gasteiger partial charge >= 0.3 is 5.97 Å². The summed E-state index contributed by atoms with van der Waals surface area (Å²) in [5.41, 5.74) is 0.313. The van der Waals surface area contributed by atoms with Crippen molar-refractivity contribution in [2.45, 2.75) is 34.3 Å². The van der Waals surface area contributed by atoms with Crippen molar-refractivity contribution in [3.8, 4) is 0 Å². The summed E-state index contributed by atoms with van der Waals surface area (Å²) in [6, 6.07) is 0. The molecule has 0 aliphatic heterocycles. The molecular formula is C14H30NO6S+. The number of ether oxygens (including phenoxy) is 1. The SMILES string of the molecule is C.C=C(C)C(=O)OCC[N+](CC)(CC)CC(O)CS(=O)(=O)O. The monoisotopic (exact) mass is 340 g/mol. The third-order valence-corrected chi connectivity index (χ3v) is 4.30. The number of likely N-dealkylation sites (N-methyl/N-ethyl adjacent to an activating group) is 1. The Balaban J connectivity index is 0. The van der Waals surface area contributed by atoms with Crippen LogP contribution >= 0.6 is 0 Å². The fourth-order valence-corrected chi connectivity index (χ4v) is 2.68. The second-order valence-corrected chi connectivity index (χ2v) is 6.70. The van der Waals surface area contributed by atoms with Crippen LogP contribution in [0.4, 0.5) is 0 Å². The fourth-order valence-electron chi connectivity index (χ4n) is 2.09. The van der Waals surface area contributed by atoms with Crippen molar-refractivity contribution < 1.29 is 32.1 Å². The van der Waals surface area contributed by atoms with Gasteiger partial charge in [0, 0.05) is 5.57 Å². The topological polar surface area (TPSA) is 101 Å². The first-order chi connectivity index (χ1) is 9.55. The summed E-state index contributed by atoms with van der Waals surface area (Å²) in [6.45, 7) is 10.9. The van der Waals surface area contributed by atoms with Crippen molar-refractivity contribution in [1.29, 1.82) is 0 Å². The van der Waals surface area contributed by atoms with E-state index in [9.17, 15) is 18.3 Å². The Morgan fingerprint density at radius 2 is 1.82 bits per heavy atom. The highest BCUT2D eigenvalue weighted by Gasteiger charge is 2.29. The van der Waals surface area contributed by atoms with E-state index in [1.165, 1.54) is 0 Å². The number of rotatable bonds is 10. The minimum atomic E-state index is -4.21. The molecule has 0 aromatic heterocycles. The maximum Gasteiger partial charge on any atom is 0.333 e. The van der Waals surface area contributed by atoms with E-state index in [-0.39, 0.29) is 20.6 Å². The van der Waals surface area contributed by atoms with Crippen molar-refractivity contribution >= 4 is 16.1 Å². The summed E-state index contributed by atoms with van der Waals surface area (Å²) in [5.74, 6) is -1.17. The average molecular weight is 340 g/mol. The van der Waals surface area contributed by atoms with E-state index in [0.29, 0.717) is 29.7 Å². The smallest absolute Gasteiger partial charge is 0.333 e. The molecule has 0 spiro atoms. The van der Waals surface area contributed by atoms with Gasteiger partial charge in [0.05, 0.1) is 13.1 Å². The zero-order chi connectivity index (χ0) is 16.7. The highest BCUT2D eigenvalue weighted by Crippen LogP contribution is 2.10. The van der Waals surface area contributed by atoms with E-state index in [1.807, 2.05) is 13.8 Å². The summed E-state index contributed by atoms with van der Waals surface area (Å²) in [7, 11) is -4.21. The Hall–Kier alpha value is -0.960. The van der Waals surface area contributed by atoms with Gasteiger partial charge in [-0.25, -0.2) is 4.79 Å². The van der Waals surface area contributed by atoms with E-state index < -0.39 is 27.9 Å². The lowest BCUT2D eigenvalue weighted by molar-refractivity contribution is -0.927. The van der Waals surface area contributed by atoms with Gasteiger partial charge in [0.2, 0.25) is 0 Å². The summed E-state index contributed by atoms with van der Waals surface area (Å²) in [4.78, 5) is 11.3. The lowest BCUT2D eigenvalue weighted by atomic mass is 10.2. The van der Waals surface area contributed by atoms with Gasteiger partial charge in [-0.05, 0) is 20.8 Å². The molecule has 8 heteroatoms. The lowest BCUT2D eigenvalue weighted by Crippen LogP contribution is -2.54. The van der Waals surface area contributed by atoms with Gasteiger partial charge in [0.15, 0.2) is 0 Å². The van der Waals surface area contributed by atoms with Gasteiger partial charge in [0.1, 0.15) is 31.6 Å². The van der Waals surface area contributed by atoms with Gasteiger partial charge < -0.3 is 14.3 Å². The number of carbonyl (C=O) groups excluding carboxylic acids is 1. The van der Waals surface area contributed by atoms with Gasteiger partial charge in [0.25, 0.3) is 10.1 Å². The largest absolute Gasteiger partial charge is 0.456 e. The second-order valence-electron chi connectivity index (χ2n) is 5.20. The predicted octanol–water partition coefficient (Wildman–Crippen LogP) is 0.847. The summed E-state index contributed by atoms with van der Waals surface area (Å²) in [5, 5.41) is 9.80. The van der Waals surface area contributed by atoms with Crippen LogP contribution in [0.15, 0.2) is 12.2 Å². The summed E-state index contributed by atoms with van der Waals surface area (Å²) in [6.07, 6.45) is -1.17. The standard InChI is InChI=1S/C13H25NO6S.CH4/c1-5-14(6-2,7-8-20-13(16)11(3)4)9-12(15)10-21(17,18)19;/h12,15H,3,5-10H2,1-2,4H3;1H4/p+1. The molecule has 132 valence electrons. The molecule has 0 saturated heterocycles. The number of quaternary nitrogens is 1. The molecule has 1 atom stereocenters. The first-order valence-electron chi connectivity index (χ1n) is 6.86. The number of carbonyl (C=O) groups is 1. The van der Waals surface area contributed by atoms with Crippen LogP contribution in [0.25, 0.3) is 0 Å². The van der Waals surface area contributed by atoms with Gasteiger partial charge in [-0.2, -0.15) is 8.42 Å². The number of esters is 1. The first-order valence-corrected chi connectivity index (χ1v) is 8.47. The third-order valence-electron chi connectivity index (χ3n) is 3.49. The third kappa shape index (κ3) is 9.14. The molecule has 22 heavy (non-hydrogen) atoms. The molecule has 2 N–H and O–H groups in total. The summed E-state index contributed by atoms with van der Waals surface area (Å²) >= 11 is 0. The summed E-state index contributed by atoms with van der Waals surface area (Å²) < 4.78 is 35.8. The lowest BCUT2D eigenvalue weighted by Gasteiger charge is -2.38. The molecule has 0 amide bonds. The molecule has 0 rings (SSSR count). The number of aliphatic hydroxyl groups is 1. The zero-order valence-electron chi connectivity index (χ0n) is 12.9. The van der Waals surface area contributed by atoms with Crippen molar-refractivity contribution in [1.82, 2.24) is 0 Å². The van der Waals surface area contributed by atoms with Crippen molar-refractivity contribution in [2.75, 3.05) is 38.5 Å². The van der Waals surface area contributed by atoms with Crippen molar-refractivity contribution in [3.63, 3.8) is 0 Å². The molecule has 0 aliphatic carbocycles. The number of hydrogen-bond acceptors (Lipinski definition) is 5. The van der Waals surface area contributed by atoms with Crippen LogP contribution in [0.2, 0.25) is 0 Å². The second kappa shape index (κ2) is 9.94. The fraction of sp³-hybridized carbons (Fsp3) is 0.786. The normalized spacial score (nSPS) is 13.1. The molecule has 0 aromatic carbocycles. The molecule has 0 aliphatic rings. The van der Waals surface area contributed by atoms with Crippen LogP contribution in [0.3, 0.4) is 0 Å². The van der Waals surface area contributed by atoms with Crippen molar-refractivity contribution in [2.24, 2.45) is 0 Å². The Bertz CT molecular complexity index is 456. The molecule has 0 aromatic rings. The molecule has 1 unspecified atom stereocenters. The molecule has 7 nitrogen and oxygen atoms in total. The van der Waals surface area contributed by atoms with Crippen molar-refractivity contribution in [3.05, 3.63) is 12.2 Å². The van der Waals surface area contributed by atoms with Crippen LogP contribution in [0.1, 0.15) is 28.2 Å². The molecule has 0 saturated carbocycles. The Morgan fingerprint density at radius 3 is 2.18 bits per heavy atom. The minimum absolute atomic E-state index is 0. The zero-order valence-corrected chi connectivity index (χ0v) is 13.7. The Morgan fingerprint density at radius 1 is 1.32 bits per heavy atom. The van der Waals surface area contributed by atoms with E-state index in [1.54, 1.807) is 6.92 Å². The molecule has 0 heterocycles. The quantitative estimate of drug-likeness (QED) is 0.265. The number of aliphatic hydroxyl groups excluding tert-OH is 1. The van der Waals surface area contributed by atoms with E-state index in [0.717, 1.165) is 0 Å². The maximum atomic E-state index is 11.3.